The largest absolute Gasteiger partial charge is 0.491 e. The van der Waals surface area contributed by atoms with Crippen LogP contribution in [0.4, 0.5) is 5.69 Å². The number of anilines is 1. The Labute approximate surface area is 213 Å². The molecule has 1 fully saturated rings. The molecule has 2 aromatic carbocycles. The summed E-state index contributed by atoms with van der Waals surface area (Å²) in [4.78, 5) is 61.2. The molecular formula is C26H27N3O8. The first kappa shape index (κ1) is 26.0. The lowest BCUT2D eigenvalue weighted by molar-refractivity contribution is -0.136. The van der Waals surface area contributed by atoms with Crippen molar-refractivity contribution in [3.05, 3.63) is 59.2 Å². The van der Waals surface area contributed by atoms with Gasteiger partial charge in [0.25, 0.3) is 11.8 Å². The molecule has 1 saturated heterocycles. The van der Waals surface area contributed by atoms with E-state index in [4.69, 9.17) is 14.2 Å². The molecule has 2 heterocycles. The Morgan fingerprint density at radius 1 is 0.919 bits per heavy atom. The second-order valence-corrected chi connectivity index (χ2v) is 8.36. The Morgan fingerprint density at radius 2 is 1.65 bits per heavy atom. The van der Waals surface area contributed by atoms with Crippen LogP contribution in [0.3, 0.4) is 0 Å². The predicted octanol–water partition coefficient (Wildman–Crippen LogP) is 1.42. The molecule has 0 radical (unpaired) electrons. The van der Waals surface area contributed by atoms with Crippen LogP contribution in [-0.2, 0) is 19.1 Å². The van der Waals surface area contributed by atoms with Gasteiger partial charge in [-0.2, -0.15) is 0 Å². The number of hydrogen-bond acceptors (Lipinski definition) is 9. The lowest BCUT2D eigenvalue weighted by atomic mass is 10.0. The Morgan fingerprint density at radius 3 is 2.38 bits per heavy atom. The van der Waals surface area contributed by atoms with Crippen LogP contribution in [0.5, 0.6) is 5.75 Å². The lowest BCUT2D eigenvalue weighted by Gasteiger charge is -2.27. The van der Waals surface area contributed by atoms with E-state index in [1.54, 1.807) is 42.5 Å². The summed E-state index contributed by atoms with van der Waals surface area (Å²) in [5.41, 5.74) is 1.49. The van der Waals surface area contributed by atoms with Gasteiger partial charge < -0.3 is 19.5 Å². The standard InChI is InChI=1S/C26H27N3O8/c30-16-17-4-6-18(7-5-17)37-15-14-36-13-12-35-11-10-27-20-3-1-2-19-23(20)26(34)29(25(19)33)21-8-9-22(31)28-24(21)32/h1-7,16,21,27H,8-15H2,(H,28,31,32). The molecule has 2 aliphatic heterocycles. The Hall–Kier alpha value is -4.09. The summed E-state index contributed by atoms with van der Waals surface area (Å²) in [7, 11) is 0. The average molecular weight is 510 g/mol. The lowest BCUT2D eigenvalue weighted by Crippen LogP contribution is -2.54. The molecule has 0 saturated carbocycles. The van der Waals surface area contributed by atoms with Crippen LogP contribution >= 0.6 is 0 Å². The van der Waals surface area contributed by atoms with Crippen molar-refractivity contribution < 1.29 is 38.2 Å². The molecule has 11 heteroatoms. The minimum Gasteiger partial charge on any atom is -0.491 e. The normalized spacial score (nSPS) is 17.0. The Balaban J connectivity index is 1.16. The van der Waals surface area contributed by atoms with E-state index in [9.17, 15) is 24.0 Å². The average Bonchev–Trinajstić information content (AvgIpc) is 3.16. The maximum Gasteiger partial charge on any atom is 0.264 e. The molecule has 0 aliphatic carbocycles. The summed E-state index contributed by atoms with van der Waals surface area (Å²) in [5, 5.41) is 5.30. The molecule has 4 rings (SSSR count). The number of nitrogens with zero attached hydrogens (tertiary/aromatic N) is 1. The summed E-state index contributed by atoms with van der Waals surface area (Å²) < 4.78 is 16.5. The van der Waals surface area contributed by atoms with E-state index >= 15 is 0 Å². The van der Waals surface area contributed by atoms with E-state index in [1.165, 1.54) is 0 Å². The number of aldehydes is 1. The van der Waals surface area contributed by atoms with Crippen LogP contribution in [0, 0.1) is 0 Å². The van der Waals surface area contributed by atoms with Crippen molar-refractivity contribution in [3.8, 4) is 5.75 Å². The van der Waals surface area contributed by atoms with E-state index in [0.29, 0.717) is 56.6 Å². The summed E-state index contributed by atoms with van der Waals surface area (Å²) in [6.07, 6.45) is 0.946. The van der Waals surface area contributed by atoms with E-state index in [2.05, 4.69) is 10.6 Å². The number of carbonyl (C=O) groups is 5. The number of benzene rings is 2. The van der Waals surface area contributed by atoms with Crippen LogP contribution in [0.2, 0.25) is 0 Å². The third-order valence-electron chi connectivity index (χ3n) is 5.91. The minimum absolute atomic E-state index is 0.0687. The zero-order valence-corrected chi connectivity index (χ0v) is 20.1. The van der Waals surface area contributed by atoms with Crippen molar-refractivity contribution in [2.45, 2.75) is 18.9 Å². The number of imide groups is 2. The number of ether oxygens (including phenoxy) is 3. The van der Waals surface area contributed by atoms with Gasteiger partial charge in [-0.15, -0.1) is 0 Å². The van der Waals surface area contributed by atoms with Crippen molar-refractivity contribution in [3.63, 3.8) is 0 Å². The maximum absolute atomic E-state index is 13.1. The summed E-state index contributed by atoms with van der Waals surface area (Å²) in [6.45, 7) is 2.21. The zero-order chi connectivity index (χ0) is 26.2. The fourth-order valence-corrected chi connectivity index (χ4v) is 4.10. The highest BCUT2D eigenvalue weighted by Crippen LogP contribution is 2.32. The maximum atomic E-state index is 13.1. The number of rotatable bonds is 13. The number of nitrogens with one attached hydrogen (secondary N) is 2. The quantitative estimate of drug-likeness (QED) is 0.233. The fourth-order valence-electron chi connectivity index (χ4n) is 4.10. The molecule has 37 heavy (non-hydrogen) atoms. The summed E-state index contributed by atoms with van der Waals surface area (Å²) in [6, 6.07) is 10.7. The molecule has 0 bridgehead atoms. The van der Waals surface area contributed by atoms with Crippen molar-refractivity contribution in [2.75, 3.05) is 44.9 Å². The van der Waals surface area contributed by atoms with E-state index in [-0.39, 0.29) is 24.0 Å². The molecule has 0 aromatic heterocycles. The third-order valence-corrected chi connectivity index (χ3v) is 5.91. The van der Waals surface area contributed by atoms with E-state index in [1.807, 2.05) is 0 Å². The number of carbonyl (C=O) groups excluding carboxylic acids is 5. The van der Waals surface area contributed by atoms with Gasteiger partial charge in [0.15, 0.2) is 0 Å². The minimum atomic E-state index is -1.00. The zero-order valence-electron chi connectivity index (χ0n) is 20.1. The molecule has 2 aliphatic rings. The fraction of sp³-hybridized carbons (Fsp3) is 0.346. The first-order valence-electron chi connectivity index (χ1n) is 11.9. The monoisotopic (exact) mass is 509 g/mol. The smallest absolute Gasteiger partial charge is 0.264 e. The highest BCUT2D eigenvalue weighted by molar-refractivity contribution is 6.25. The predicted molar refractivity (Wildman–Crippen MR) is 131 cm³/mol. The van der Waals surface area contributed by atoms with Gasteiger partial charge in [0.05, 0.1) is 37.6 Å². The Kier molecular flexibility index (Phi) is 8.60. The molecule has 194 valence electrons. The molecule has 1 unspecified atom stereocenters. The topological polar surface area (TPSA) is 140 Å². The van der Waals surface area contributed by atoms with Gasteiger partial charge >= 0.3 is 0 Å². The van der Waals surface area contributed by atoms with Crippen LogP contribution in [0.25, 0.3) is 0 Å². The number of piperidine rings is 1. The summed E-state index contributed by atoms with van der Waals surface area (Å²) in [5.74, 6) is -1.51. The van der Waals surface area contributed by atoms with Crippen molar-refractivity contribution in [2.24, 2.45) is 0 Å². The SMILES string of the molecule is O=Cc1ccc(OCCOCCOCCNc2cccc3c2C(=O)N(C2CCC(=O)NC2=O)C3=O)cc1. The molecular weight excluding hydrogens is 482 g/mol. The molecule has 2 N–H and O–H groups in total. The molecule has 4 amide bonds. The van der Waals surface area contributed by atoms with E-state index in [0.717, 1.165) is 11.2 Å². The van der Waals surface area contributed by atoms with Gasteiger partial charge in [-0.05, 0) is 42.8 Å². The number of hydrogen-bond donors (Lipinski definition) is 2. The van der Waals surface area contributed by atoms with E-state index < -0.39 is 29.7 Å². The number of amides is 4. The molecule has 0 spiro atoms. The first-order valence-corrected chi connectivity index (χ1v) is 11.9. The highest BCUT2D eigenvalue weighted by atomic mass is 16.5. The number of fused-ring (bicyclic) bond motifs is 1. The second-order valence-electron chi connectivity index (χ2n) is 8.36. The van der Waals surface area contributed by atoms with Crippen molar-refractivity contribution in [1.29, 1.82) is 0 Å². The summed E-state index contributed by atoms with van der Waals surface area (Å²) >= 11 is 0. The van der Waals surface area contributed by atoms with Gasteiger partial charge in [-0.25, -0.2) is 0 Å². The van der Waals surface area contributed by atoms with Crippen LogP contribution in [-0.4, -0.2) is 80.4 Å². The van der Waals surface area contributed by atoms with Crippen LogP contribution < -0.4 is 15.4 Å². The third kappa shape index (κ3) is 6.19. The molecule has 11 nitrogen and oxygen atoms in total. The molecule has 1 atom stereocenters. The Bertz CT molecular complexity index is 1180. The first-order chi connectivity index (χ1) is 18.0. The van der Waals surface area contributed by atoms with Gasteiger partial charge in [-0.1, -0.05) is 6.07 Å². The van der Waals surface area contributed by atoms with Crippen molar-refractivity contribution >= 4 is 35.6 Å². The van der Waals surface area contributed by atoms with Crippen molar-refractivity contribution in [1.82, 2.24) is 10.2 Å². The van der Waals surface area contributed by atoms with Gasteiger partial charge in [0.1, 0.15) is 24.7 Å². The second kappa shape index (κ2) is 12.2. The molecule has 2 aromatic rings. The highest BCUT2D eigenvalue weighted by Gasteiger charge is 2.45. The van der Waals surface area contributed by atoms with Gasteiger partial charge in [0, 0.05) is 24.2 Å². The van der Waals surface area contributed by atoms with Crippen LogP contribution in [0.1, 0.15) is 43.9 Å². The van der Waals surface area contributed by atoms with Crippen LogP contribution in [0.15, 0.2) is 42.5 Å². The van der Waals surface area contributed by atoms with Gasteiger partial charge in [0.2, 0.25) is 11.8 Å². The van der Waals surface area contributed by atoms with Gasteiger partial charge in [-0.3, -0.25) is 34.2 Å².